The summed E-state index contributed by atoms with van der Waals surface area (Å²) in [6.07, 6.45) is 1.39. The second-order valence-electron chi connectivity index (χ2n) is 2.36. The standard InChI is InChI=1S/C6H7BF3OS.K/c1-5-6(2-3-11-5)12-4-7(8,9)10;/h2-3H,4H2,1H3;/q-1;+1. The summed E-state index contributed by atoms with van der Waals surface area (Å²) < 4.78 is 40.2. The van der Waals surface area contributed by atoms with Gasteiger partial charge in [-0.3, -0.25) is 0 Å². The van der Waals surface area contributed by atoms with E-state index in [1.165, 1.54) is 6.26 Å². The molecule has 68 valence electrons. The summed E-state index contributed by atoms with van der Waals surface area (Å²) in [5, 5.41) is 0. The molecule has 0 amide bonds. The molecule has 1 nitrogen and oxygen atoms in total. The fraction of sp³-hybridized carbons (Fsp3) is 0.333. The molecule has 0 unspecified atom stereocenters. The quantitative estimate of drug-likeness (QED) is 0.542. The van der Waals surface area contributed by atoms with E-state index in [2.05, 4.69) is 0 Å². The smallest absolute Gasteiger partial charge is 0.468 e. The van der Waals surface area contributed by atoms with Gasteiger partial charge in [-0.05, 0) is 18.6 Å². The van der Waals surface area contributed by atoms with Crippen molar-refractivity contribution in [2.75, 3.05) is 5.65 Å². The summed E-state index contributed by atoms with van der Waals surface area (Å²) in [5.41, 5.74) is -0.805. The van der Waals surface area contributed by atoms with E-state index >= 15 is 0 Å². The fourth-order valence-electron chi connectivity index (χ4n) is 0.707. The van der Waals surface area contributed by atoms with Crippen LogP contribution in [0.25, 0.3) is 0 Å². The van der Waals surface area contributed by atoms with Gasteiger partial charge in [0.1, 0.15) is 5.76 Å². The van der Waals surface area contributed by atoms with Crippen molar-refractivity contribution in [3.05, 3.63) is 18.1 Å². The molecule has 0 radical (unpaired) electrons. The number of rotatable bonds is 3. The number of halogens is 3. The van der Waals surface area contributed by atoms with Crippen LogP contribution in [0.5, 0.6) is 0 Å². The van der Waals surface area contributed by atoms with Crippen molar-refractivity contribution < 1.29 is 68.7 Å². The minimum atomic E-state index is -4.70. The van der Waals surface area contributed by atoms with Crippen LogP contribution in [0.15, 0.2) is 21.6 Å². The molecule has 0 aliphatic heterocycles. The van der Waals surface area contributed by atoms with E-state index in [1.54, 1.807) is 13.0 Å². The van der Waals surface area contributed by atoms with Gasteiger partial charge in [0.25, 0.3) is 0 Å². The maximum atomic E-state index is 11.8. The summed E-state index contributed by atoms with van der Waals surface area (Å²) in [6, 6.07) is 1.54. The van der Waals surface area contributed by atoms with Gasteiger partial charge in [-0.15, -0.1) is 0 Å². The third kappa shape index (κ3) is 5.54. The zero-order valence-electron chi connectivity index (χ0n) is 7.39. The van der Waals surface area contributed by atoms with Crippen molar-refractivity contribution in [2.45, 2.75) is 11.8 Å². The summed E-state index contributed by atoms with van der Waals surface area (Å²) in [7, 11) is 0. The van der Waals surface area contributed by atoms with Gasteiger partial charge < -0.3 is 17.4 Å². The van der Waals surface area contributed by atoms with Gasteiger partial charge in [-0.1, -0.05) is 0 Å². The van der Waals surface area contributed by atoms with Crippen molar-refractivity contribution in [3.8, 4) is 0 Å². The van der Waals surface area contributed by atoms with Crippen molar-refractivity contribution in [1.29, 1.82) is 0 Å². The van der Waals surface area contributed by atoms with Crippen LogP contribution in [0.3, 0.4) is 0 Å². The van der Waals surface area contributed by atoms with Gasteiger partial charge in [-0.2, -0.15) is 11.8 Å². The number of hydrogen-bond donors (Lipinski definition) is 0. The predicted molar refractivity (Wildman–Crippen MR) is 43.2 cm³/mol. The molecular formula is C6H7BF3KOS. The maximum Gasteiger partial charge on any atom is 1.00 e. The second kappa shape index (κ2) is 5.87. The molecule has 0 aliphatic carbocycles. The summed E-state index contributed by atoms with van der Waals surface area (Å²) in [4.78, 5) is 0.564. The molecule has 1 heterocycles. The number of thioether (sulfide) groups is 1. The largest absolute Gasteiger partial charge is 1.00 e. The van der Waals surface area contributed by atoms with Crippen molar-refractivity contribution in [2.24, 2.45) is 0 Å². The Morgan fingerprint density at radius 2 is 2.08 bits per heavy atom. The van der Waals surface area contributed by atoms with Crippen molar-refractivity contribution in [1.82, 2.24) is 0 Å². The third-order valence-electron chi connectivity index (χ3n) is 1.24. The van der Waals surface area contributed by atoms with Crippen LogP contribution in [0.1, 0.15) is 5.76 Å². The first-order valence-corrected chi connectivity index (χ1v) is 4.35. The van der Waals surface area contributed by atoms with E-state index in [1.807, 2.05) is 0 Å². The normalized spacial score (nSPS) is 11.1. The summed E-state index contributed by atoms with van der Waals surface area (Å²) >= 11 is 0.770. The van der Waals surface area contributed by atoms with Gasteiger partial charge in [-0.25, -0.2) is 0 Å². The average molecular weight is 234 g/mol. The fourth-order valence-corrected chi connectivity index (χ4v) is 1.48. The predicted octanol–water partition coefficient (Wildman–Crippen LogP) is 0.0707. The molecule has 1 rings (SSSR count). The molecule has 0 fully saturated rings. The van der Waals surface area contributed by atoms with Crippen LogP contribution >= 0.6 is 11.8 Å². The minimum Gasteiger partial charge on any atom is -0.468 e. The van der Waals surface area contributed by atoms with E-state index < -0.39 is 12.6 Å². The molecule has 0 aliphatic rings. The van der Waals surface area contributed by atoms with Crippen LogP contribution in [0.2, 0.25) is 0 Å². The van der Waals surface area contributed by atoms with Crippen molar-refractivity contribution >= 4 is 18.7 Å². The Hall–Kier alpha value is 1.12. The molecule has 1 aromatic heterocycles. The molecule has 0 bridgehead atoms. The average Bonchev–Trinajstić information content (AvgIpc) is 2.29. The molecule has 0 saturated carbocycles. The van der Waals surface area contributed by atoms with Crippen LogP contribution < -0.4 is 51.4 Å². The van der Waals surface area contributed by atoms with Crippen LogP contribution in [-0.4, -0.2) is 12.6 Å². The van der Waals surface area contributed by atoms with E-state index in [4.69, 9.17) is 4.42 Å². The first kappa shape index (κ1) is 14.1. The van der Waals surface area contributed by atoms with E-state index in [-0.39, 0.29) is 51.4 Å². The second-order valence-corrected chi connectivity index (χ2v) is 3.42. The number of aryl methyl sites for hydroxylation is 1. The van der Waals surface area contributed by atoms with Gasteiger partial charge in [0.15, 0.2) is 0 Å². The SMILES string of the molecule is Cc1occc1SC[B-](F)(F)F.[K+]. The molecule has 0 N–H and O–H groups in total. The van der Waals surface area contributed by atoms with Gasteiger partial charge in [0, 0.05) is 4.90 Å². The Kier molecular flexibility index (Phi) is 6.38. The summed E-state index contributed by atoms with van der Waals surface area (Å²) in [5.74, 6) is 0.542. The molecular weight excluding hydrogens is 227 g/mol. The molecule has 0 atom stereocenters. The number of furan rings is 1. The Bertz CT molecular complexity index is 263. The van der Waals surface area contributed by atoms with Crippen molar-refractivity contribution in [3.63, 3.8) is 0 Å². The summed E-state index contributed by atoms with van der Waals surface area (Å²) in [6.45, 7) is -3.06. The topological polar surface area (TPSA) is 13.1 Å². The van der Waals surface area contributed by atoms with E-state index in [9.17, 15) is 12.9 Å². The molecule has 0 saturated heterocycles. The Labute approximate surface area is 121 Å². The van der Waals surface area contributed by atoms with Gasteiger partial charge in [0.05, 0.1) is 6.26 Å². The number of hydrogen-bond acceptors (Lipinski definition) is 2. The monoisotopic (exact) mass is 234 g/mol. The zero-order valence-corrected chi connectivity index (χ0v) is 11.3. The van der Waals surface area contributed by atoms with Crippen LogP contribution in [0.4, 0.5) is 12.9 Å². The van der Waals surface area contributed by atoms with Gasteiger partial charge >= 0.3 is 58.4 Å². The Morgan fingerprint density at radius 3 is 2.46 bits per heavy atom. The maximum absolute atomic E-state index is 11.8. The van der Waals surface area contributed by atoms with Crippen LogP contribution in [0, 0.1) is 6.92 Å². The zero-order chi connectivity index (χ0) is 9.19. The molecule has 1 aromatic rings. The van der Waals surface area contributed by atoms with Gasteiger partial charge in [0.2, 0.25) is 0 Å². The Morgan fingerprint density at radius 1 is 1.46 bits per heavy atom. The first-order chi connectivity index (χ1) is 5.49. The van der Waals surface area contributed by atoms with E-state index in [0.29, 0.717) is 10.7 Å². The molecule has 7 heteroatoms. The molecule has 13 heavy (non-hydrogen) atoms. The van der Waals surface area contributed by atoms with Crippen LogP contribution in [-0.2, 0) is 0 Å². The first-order valence-electron chi connectivity index (χ1n) is 3.37. The van der Waals surface area contributed by atoms with E-state index in [0.717, 1.165) is 11.8 Å². The minimum absolute atomic E-state index is 0. The molecule has 0 aromatic carbocycles. The molecule has 0 spiro atoms. The third-order valence-corrected chi connectivity index (χ3v) is 2.52. The Balaban J connectivity index is 0.00000144.